The first kappa shape index (κ1) is 12.6. The van der Waals surface area contributed by atoms with E-state index in [-0.39, 0.29) is 12.1 Å². The third-order valence-corrected chi connectivity index (χ3v) is 3.48. The van der Waals surface area contributed by atoms with E-state index < -0.39 is 0 Å². The van der Waals surface area contributed by atoms with Gasteiger partial charge in [-0.25, -0.2) is 0 Å². The van der Waals surface area contributed by atoms with Crippen molar-refractivity contribution in [3.8, 4) is 0 Å². The third-order valence-electron chi connectivity index (χ3n) is 3.48. The summed E-state index contributed by atoms with van der Waals surface area (Å²) in [7, 11) is 0. The maximum absolute atomic E-state index is 6.28. The van der Waals surface area contributed by atoms with Crippen molar-refractivity contribution in [2.75, 3.05) is 19.8 Å². The number of benzene rings is 1. The van der Waals surface area contributed by atoms with Crippen molar-refractivity contribution < 1.29 is 9.47 Å². The highest BCUT2D eigenvalue weighted by Gasteiger charge is 2.24. The molecular weight excluding hydrogens is 214 g/mol. The lowest BCUT2D eigenvalue weighted by atomic mass is 9.93. The SMILES string of the molecule is Cc1cc(C)c(C(N)C2COCCO2)cc1C. The molecule has 2 unspecified atom stereocenters. The zero-order chi connectivity index (χ0) is 12.4. The van der Waals surface area contributed by atoms with Gasteiger partial charge in [0.05, 0.1) is 25.9 Å². The fraction of sp³-hybridized carbons (Fsp3) is 0.571. The topological polar surface area (TPSA) is 44.5 Å². The van der Waals surface area contributed by atoms with Crippen LogP contribution in [-0.2, 0) is 9.47 Å². The van der Waals surface area contributed by atoms with Gasteiger partial charge in [-0.15, -0.1) is 0 Å². The first-order chi connectivity index (χ1) is 8.09. The fourth-order valence-corrected chi connectivity index (χ4v) is 2.26. The number of nitrogens with two attached hydrogens (primary N) is 1. The molecule has 1 aromatic carbocycles. The summed E-state index contributed by atoms with van der Waals surface area (Å²) in [4.78, 5) is 0. The zero-order valence-electron chi connectivity index (χ0n) is 10.8. The van der Waals surface area contributed by atoms with Gasteiger partial charge in [0.15, 0.2) is 0 Å². The minimum Gasteiger partial charge on any atom is -0.376 e. The maximum Gasteiger partial charge on any atom is 0.100 e. The highest BCUT2D eigenvalue weighted by atomic mass is 16.6. The zero-order valence-corrected chi connectivity index (χ0v) is 10.8. The largest absolute Gasteiger partial charge is 0.376 e. The van der Waals surface area contributed by atoms with Gasteiger partial charge in [0.25, 0.3) is 0 Å². The molecule has 1 saturated heterocycles. The lowest BCUT2D eigenvalue weighted by molar-refractivity contribution is -0.0976. The molecule has 1 aromatic rings. The van der Waals surface area contributed by atoms with Crippen LogP contribution in [0.25, 0.3) is 0 Å². The second kappa shape index (κ2) is 5.17. The van der Waals surface area contributed by atoms with Crippen LogP contribution in [0.1, 0.15) is 28.3 Å². The second-order valence-electron chi connectivity index (χ2n) is 4.80. The van der Waals surface area contributed by atoms with Gasteiger partial charge in [0.2, 0.25) is 0 Å². The molecule has 3 nitrogen and oxygen atoms in total. The van der Waals surface area contributed by atoms with Crippen molar-refractivity contribution in [2.45, 2.75) is 32.9 Å². The first-order valence-corrected chi connectivity index (χ1v) is 6.12. The van der Waals surface area contributed by atoms with Crippen molar-refractivity contribution in [3.05, 3.63) is 34.4 Å². The predicted molar refractivity (Wildman–Crippen MR) is 68.1 cm³/mol. The summed E-state index contributed by atoms with van der Waals surface area (Å²) in [6.45, 7) is 8.25. The number of aryl methyl sites for hydroxylation is 3. The van der Waals surface area contributed by atoms with Crippen LogP contribution >= 0.6 is 0 Å². The van der Waals surface area contributed by atoms with E-state index in [2.05, 4.69) is 32.9 Å². The smallest absolute Gasteiger partial charge is 0.100 e. The quantitative estimate of drug-likeness (QED) is 0.853. The molecule has 2 N–H and O–H groups in total. The second-order valence-corrected chi connectivity index (χ2v) is 4.80. The highest BCUT2D eigenvalue weighted by Crippen LogP contribution is 2.25. The summed E-state index contributed by atoms with van der Waals surface area (Å²) in [5.41, 5.74) is 11.3. The van der Waals surface area contributed by atoms with Gasteiger partial charge in [-0.05, 0) is 43.0 Å². The Balaban J connectivity index is 2.23. The molecule has 1 aliphatic rings. The molecule has 0 radical (unpaired) electrons. The van der Waals surface area contributed by atoms with Gasteiger partial charge in [0, 0.05) is 0 Å². The minimum absolute atomic E-state index is 0.0236. The molecule has 1 heterocycles. The molecule has 0 amide bonds. The van der Waals surface area contributed by atoms with Gasteiger partial charge in [0.1, 0.15) is 6.10 Å². The average molecular weight is 235 g/mol. The number of ether oxygens (including phenoxy) is 2. The summed E-state index contributed by atoms with van der Waals surface area (Å²) in [5, 5.41) is 0. The van der Waals surface area contributed by atoms with Crippen LogP contribution in [0.3, 0.4) is 0 Å². The molecule has 3 heteroatoms. The van der Waals surface area contributed by atoms with E-state index in [4.69, 9.17) is 15.2 Å². The van der Waals surface area contributed by atoms with Gasteiger partial charge >= 0.3 is 0 Å². The molecule has 0 saturated carbocycles. The standard InChI is InChI=1S/C14H21NO2/c1-9-6-11(3)12(7-10(9)2)14(15)13-8-16-4-5-17-13/h6-7,13-14H,4-5,8,15H2,1-3H3. The van der Waals surface area contributed by atoms with E-state index in [1.807, 2.05) is 0 Å². The van der Waals surface area contributed by atoms with E-state index >= 15 is 0 Å². The van der Waals surface area contributed by atoms with Gasteiger partial charge < -0.3 is 15.2 Å². The number of hydrogen-bond donors (Lipinski definition) is 1. The van der Waals surface area contributed by atoms with Crippen LogP contribution in [0.5, 0.6) is 0 Å². The average Bonchev–Trinajstić information content (AvgIpc) is 2.34. The summed E-state index contributed by atoms with van der Waals surface area (Å²) in [6, 6.07) is 4.26. The van der Waals surface area contributed by atoms with Crippen LogP contribution in [0.15, 0.2) is 12.1 Å². The first-order valence-electron chi connectivity index (χ1n) is 6.12. The molecule has 2 atom stereocenters. The Bertz CT molecular complexity index is 397. The number of rotatable bonds is 2. The Morgan fingerprint density at radius 2 is 1.82 bits per heavy atom. The third kappa shape index (κ3) is 2.68. The molecule has 0 aromatic heterocycles. The van der Waals surface area contributed by atoms with Crippen molar-refractivity contribution in [2.24, 2.45) is 5.73 Å². The van der Waals surface area contributed by atoms with Crippen molar-refractivity contribution in [3.63, 3.8) is 0 Å². The minimum atomic E-state index is -0.102. The maximum atomic E-state index is 6.28. The van der Waals surface area contributed by atoms with Gasteiger partial charge in [-0.3, -0.25) is 0 Å². The highest BCUT2D eigenvalue weighted by molar-refractivity contribution is 5.38. The van der Waals surface area contributed by atoms with Gasteiger partial charge in [-0.1, -0.05) is 12.1 Å². The van der Waals surface area contributed by atoms with Crippen LogP contribution in [0.4, 0.5) is 0 Å². The van der Waals surface area contributed by atoms with Crippen molar-refractivity contribution >= 4 is 0 Å². The van der Waals surface area contributed by atoms with Gasteiger partial charge in [-0.2, -0.15) is 0 Å². The van der Waals surface area contributed by atoms with E-state index in [0.29, 0.717) is 19.8 Å². The van der Waals surface area contributed by atoms with E-state index in [1.54, 1.807) is 0 Å². The molecule has 94 valence electrons. The lowest BCUT2D eigenvalue weighted by Gasteiger charge is -2.29. The molecule has 0 aliphatic carbocycles. The Morgan fingerprint density at radius 1 is 1.12 bits per heavy atom. The Hall–Kier alpha value is -0.900. The molecule has 0 bridgehead atoms. The molecule has 2 rings (SSSR count). The monoisotopic (exact) mass is 235 g/mol. The molecular formula is C14H21NO2. The Morgan fingerprint density at radius 3 is 2.47 bits per heavy atom. The lowest BCUT2D eigenvalue weighted by Crippen LogP contribution is -2.38. The fourth-order valence-electron chi connectivity index (χ4n) is 2.26. The molecule has 17 heavy (non-hydrogen) atoms. The van der Waals surface area contributed by atoms with Crippen molar-refractivity contribution in [1.82, 2.24) is 0 Å². The van der Waals surface area contributed by atoms with Crippen molar-refractivity contribution in [1.29, 1.82) is 0 Å². The Labute approximate surface area is 103 Å². The summed E-state index contributed by atoms with van der Waals surface area (Å²) in [6.07, 6.45) is -0.0236. The summed E-state index contributed by atoms with van der Waals surface area (Å²) < 4.78 is 11.1. The predicted octanol–water partition coefficient (Wildman–Crippen LogP) is 2.03. The van der Waals surface area contributed by atoms with Crippen LogP contribution < -0.4 is 5.73 Å². The van der Waals surface area contributed by atoms with Crippen LogP contribution in [0, 0.1) is 20.8 Å². The Kier molecular flexibility index (Phi) is 3.82. The van der Waals surface area contributed by atoms with E-state index in [0.717, 1.165) is 0 Å². The normalized spacial score (nSPS) is 22.5. The molecule has 1 aliphatic heterocycles. The summed E-state index contributed by atoms with van der Waals surface area (Å²) in [5.74, 6) is 0. The van der Waals surface area contributed by atoms with E-state index in [9.17, 15) is 0 Å². The van der Waals surface area contributed by atoms with Crippen LogP contribution in [0.2, 0.25) is 0 Å². The summed E-state index contributed by atoms with van der Waals surface area (Å²) >= 11 is 0. The number of hydrogen-bond acceptors (Lipinski definition) is 3. The van der Waals surface area contributed by atoms with Crippen LogP contribution in [-0.4, -0.2) is 25.9 Å². The molecule has 1 fully saturated rings. The van der Waals surface area contributed by atoms with E-state index in [1.165, 1.54) is 22.3 Å². The molecule has 0 spiro atoms.